The number of hydrogen-bond acceptors (Lipinski definition) is 4. The van der Waals surface area contributed by atoms with Gasteiger partial charge < -0.3 is 10.6 Å². The van der Waals surface area contributed by atoms with Crippen LogP contribution in [0.1, 0.15) is 30.1 Å². The third-order valence-electron chi connectivity index (χ3n) is 3.88. The number of carbonyl (C=O) groups excluding carboxylic acids is 1. The summed E-state index contributed by atoms with van der Waals surface area (Å²) in [7, 11) is 0. The standard InChI is InChI=1S/C14H18ClN3O3/c1-9(16)10-3-2-6-17(8-10)14(19)12-7-11(18(20)21)4-5-13(12)15/h4-5,7,9-10H,2-3,6,8,16H2,1H3. The SMILES string of the molecule is CC(N)C1CCCN(C(=O)c2cc([N+](=O)[O-])ccc2Cl)C1. The summed E-state index contributed by atoms with van der Waals surface area (Å²) in [6, 6.07) is 3.93. The number of nitro benzene ring substituents is 1. The highest BCUT2D eigenvalue weighted by molar-refractivity contribution is 6.33. The molecule has 114 valence electrons. The number of nitrogens with zero attached hydrogens (tertiary/aromatic N) is 2. The number of nitrogens with two attached hydrogens (primary N) is 1. The minimum absolute atomic E-state index is 0.0150. The number of rotatable bonds is 3. The van der Waals surface area contributed by atoms with Crippen LogP contribution in [0.2, 0.25) is 5.02 Å². The first-order valence-electron chi connectivity index (χ1n) is 6.89. The van der Waals surface area contributed by atoms with E-state index in [1.807, 2.05) is 6.92 Å². The minimum Gasteiger partial charge on any atom is -0.338 e. The van der Waals surface area contributed by atoms with Gasteiger partial charge in [0.05, 0.1) is 15.5 Å². The molecule has 2 atom stereocenters. The molecule has 6 nitrogen and oxygen atoms in total. The van der Waals surface area contributed by atoms with Crippen LogP contribution in [0.25, 0.3) is 0 Å². The highest BCUT2D eigenvalue weighted by Crippen LogP contribution is 2.26. The van der Waals surface area contributed by atoms with E-state index in [0.717, 1.165) is 12.8 Å². The summed E-state index contributed by atoms with van der Waals surface area (Å²) in [5, 5.41) is 11.1. The molecule has 0 aliphatic carbocycles. The van der Waals surface area contributed by atoms with Crippen molar-refractivity contribution in [2.45, 2.75) is 25.8 Å². The molecule has 0 bridgehead atoms. The number of amides is 1. The number of nitro groups is 1. The van der Waals surface area contributed by atoms with Crippen LogP contribution in [-0.2, 0) is 0 Å². The second kappa shape index (κ2) is 6.41. The predicted molar refractivity (Wildman–Crippen MR) is 80.4 cm³/mol. The molecular formula is C14H18ClN3O3. The molecule has 0 spiro atoms. The van der Waals surface area contributed by atoms with Crippen molar-refractivity contribution < 1.29 is 9.72 Å². The quantitative estimate of drug-likeness (QED) is 0.686. The third kappa shape index (κ3) is 3.51. The Bertz CT molecular complexity index is 562. The number of non-ortho nitro benzene ring substituents is 1. The molecule has 0 saturated carbocycles. The smallest absolute Gasteiger partial charge is 0.270 e. The Kier molecular flexibility index (Phi) is 4.80. The highest BCUT2D eigenvalue weighted by Gasteiger charge is 2.28. The third-order valence-corrected chi connectivity index (χ3v) is 4.21. The Balaban J connectivity index is 2.23. The number of benzene rings is 1. The molecule has 1 saturated heterocycles. The Labute approximate surface area is 128 Å². The largest absolute Gasteiger partial charge is 0.338 e. The average Bonchev–Trinajstić information content (AvgIpc) is 2.47. The number of piperidine rings is 1. The Morgan fingerprint density at radius 2 is 2.29 bits per heavy atom. The fourth-order valence-electron chi connectivity index (χ4n) is 2.58. The van der Waals surface area contributed by atoms with Crippen LogP contribution < -0.4 is 5.73 Å². The van der Waals surface area contributed by atoms with Crippen molar-refractivity contribution in [2.75, 3.05) is 13.1 Å². The van der Waals surface area contributed by atoms with Crippen LogP contribution in [0.3, 0.4) is 0 Å². The van der Waals surface area contributed by atoms with Gasteiger partial charge in [0, 0.05) is 31.3 Å². The molecule has 7 heteroatoms. The monoisotopic (exact) mass is 311 g/mol. The van der Waals surface area contributed by atoms with Gasteiger partial charge in [-0.05, 0) is 31.7 Å². The molecule has 2 unspecified atom stereocenters. The molecule has 2 rings (SSSR count). The van der Waals surface area contributed by atoms with Gasteiger partial charge in [-0.15, -0.1) is 0 Å². The van der Waals surface area contributed by atoms with Crippen LogP contribution in [0.5, 0.6) is 0 Å². The Morgan fingerprint density at radius 1 is 1.57 bits per heavy atom. The maximum Gasteiger partial charge on any atom is 0.270 e. The maximum absolute atomic E-state index is 12.5. The summed E-state index contributed by atoms with van der Waals surface area (Å²) < 4.78 is 0. The van der Waals surface area contributed by atoms with E-state index in [1.54, 1.807) is 4.90 Å². The Morgan fingerprint density at radius 3 is 2.90 bits per heavy atom. The molecule has 2 N–H and O–H groups in total. The normalized spacial score (nSPS) is 20.1. The molecule has 0 aromatic heterocycles. The number of hydrogen-bond donors (Lipinski definition) is 1. The van der Waals surface area contributed by atoms with Crippen LogP contribution in [0.15, 0.2) is 18.2 Å². The summed E-state index contributed by atoms with van der Waals surface area (Å²) in [6.07, 6.45) is 1.87. The van der Waals surface area contributed by atoms with E-state index in [0.29, 0.717) is 13.1 Å². The lowest BCUT2D eigenvalue weighted by Crippen LogP contribution is -2.45. The summed E-state index contributed by atoms with van der Waals surface area (Å²) >= 11 is 6.02. The number of halogens is 1. The zero-order valence-electron chi connectivity index (χ0n) is 11.8. The Hall–Kier alpha value is -1.66. The van der Waals surface area contributed by atoms with Gasteiger partial charge in [-0.1, -0.05) is 11.6 Å². The zero-order valence-corrected chi connectivity index (χ0v) is 12.5. The summed E-state index contributed by atoms with van der Waals surface area (Å²) in [4.78, 5) is 24.5. The van der Waals surface area contributed by atoms with E-state index < -0.39 is 4.92 Å². The maximum atomic E-state index is 12.5. The zero-order chi connectivity index (χ0) is 15.6. The van der Waals surface area contributed by atoms with Crippen molar-refractivity contribution in [3.05, 3.63) is 38.9 Å². The molecule has 1 fully saturated rings. The lowest BCUT2D eigenvalue weighted by molar-refractivity contribution is -0.384. The molecule has 21 heavy (non-hydrogen) atoms. The van der Waals surface area contributed by atoms with Gasteiger partial charge in [0.2, 0.25) is 0 Å². The van der Waals surface area contributed by atoms with Gasteiger partial charge in [0.25, 0.3) is 11.6 Å². The van der Waals surface area contributed by atoms with Crippen molar-refractivity contribution in [1.29, 1.82) is 0 Å². The minimum atomic E-state index is -0.534. The first-order chi connectivity index (χ1) is 9.90. The van der Waals surface area contributed by atoms with E-state index in [1.165, 1.54) is 18.2 Å². The van der Waals surface area contributed by atoms with Gasteiger partial charge in [0.15, 0.2) is 0 Å². The fourth-order valence-corrected chi connectivity index (χ4v) is 2.78. The van der Waals surface area contributed by atoms with Crippen LogP contribution >= 0.6 is 11.6 Å². The average molecular weight is 312 g/mol. The van der Waals surface area contributed by atoms with E-state index >= 15 is 0 Å². The molecule has 1 aromatic rings. The van der Waals surface area contributed by atoms with Crippen molar-refractivity contribution in [3.63, 3.8) is 0 Å². The van der Waals surface area contributed by atoms with E-state index in [4.69, 9.17) is 17.3 Å². The number of carbonyl (C=O) groups is 1. The first-order valence-corrected chi connectivity index (χ1v) is 7.26. The molecule has 1 heterocycles. The fraction of sp³-hybridized carbons (Fsp3) is 0.500. The molecule has 1 aromatic carbocycles. The van der Waals surface area contributed by atoms with Gasteiger partial charge >= 0.3 is 0 Å². The molecule has 0 radical (unpaired) electrons. The second-order valence-corrected chi connectivity index (χ2v) is 5.84. The second-order valence-electron chi connectivity index (χ2n) is 5.43. The van der Waals surface area contributed by atoms with E-state index in [9.17, 15) is 14.9 Å². The molecule has 1 aliphatic rings. The summed E-state index contributed by atoms with van der Waals surface area (Å²) in [5.74, 6) is -0.0192. The van der Waals surface area contributed by atoms with Gasteiger partial charge in [-0.25, -0.2) is 0 Å². The van der Waals surface area contributed by atoms with Crippen molar-refractivity contribution >= 4 is 23.2 Å². The van der Waals surface area contributed by atoms with Crippen molar-refractivity contribution in [2.24, 2.45) is 11.7 Å². The number of likely N-dealkylation sites (tertiary alicyclic amines) is 1. The predicted octanol–water partition coefficient (Wildman–Crippen LogP) is 2.45. The lowest BCUT2D eigenvalue weighted by Gasteiger charge is -2.34. The van der Waals surface area contributed by atoms with Crippen LogP contribution in [0, 0.1) is 16.0 Å². The van der Waals surface area contributed by atoms with Gasteiger partial charge in [-0.3, -0.25) is 14.9 Å². The van der Waals surface area contributed by atoms with E-state index in [2.05, 4.69) is 0 Å². The van der Waals surface area contributed by atoms with Crippen molar-refractivity contribution in [1.82, 2.24) is 4.90 Å². The van der Waals surface area contributed by atoms with Crippen molar-refractivity contribution in [3.8, 4) is 0 Å². The van der Waals surface area contributed by atoms with Gasteiger partial charge in [-0.2, -0.15) is 0 Å². The van der Waals surface area contributed by atoms with Crippen LogP contribution in [-0.4, -0.2) is 34.9 Å². The topological polar surface area (TPSA) is 89.5 Å². The summed E-state index contributed by atoms with van der Waals surface area (Å²) in [5.41, 5.74) is 5.95. The lowest BCUT2D eigenvalue weighted by atomic mass is 9.92. The van der Waals surface area contributed by atoms with Gasteiger partial charge in [0.1, 0.15) is 0 Å². The summed E-state index contributed by atoms with van der Waals surface area (Å²) in [6.45, 7) is 3.12. The molecule has 1 amide bonds. The molecule has 1 aliphatic heterocycles. The van der Waals surface area contributed by atoms with Crippen LogP contribution in [0.4, 0.5) is 5.69 Å². The van der Waals surface area contributed by atoms with E-state index in [-0.39, 0.29) is 34.1 Å². The first kappa shape index (κ1) is 15.7. The molecular weight excluding hydrogens is 294 g/mol. The highest BCUT2D eigenvalue weighted by atomic mass is 35.5.